The lowest BCUT2D eigenvalue weighted by atomic mass is 10.2. The van der Waals surface area contributed by atoms with E-state index in [1.54, 1.807) is 13.2 Å². The largest absolute Gasteiger partial charge is 0.471 e. The number of carbonyl (C=O) groups is 1. The van der Waals surface area contributed by atoms with Gasteiger partial charge in [0.05, 0.1) is 0 Å². The van der Waals surface area contributed by atoms with Crippen LogP contribution in [0.3, 0.4) is 0 Å². The number of hydrogen-bond donors (Lipinski definition) is 1. The van der Waals surface area contributed by atoms with Gasteiger partial charge in [0.1, 0.15) is 12.2 Å². The molecule has 0 radical (unpaired) electrons. The molecule has 0 aliphatic rings. The molecule has 0 spiro atoms. The SMILES string of the molecule is Cn1cc(C(N)=O)c(OCc2ccccc2)n1. The van der Waals surface area contributed by atoms with E-state index in [1.165, 1.54) is 4.68 Å². The van der Waals surface area contributed by atoms with Crippen molar-refractivity contribution in [3.05, 3.63) is 47.7 Å². The Morgan fingerprint density at radius 1 is 1.41 bits per heavy atom. The third-order valence-electron chi connectivity index (χ3n) is 2.28. The van der Waals surface area contributed by atoms with Crippen molar-refractivity contribution >= 4 is 5.91 Å². The van der Waals surface area contributed by atoms with Crippen LogP contribution in [0.25, 0.3) is 0 Å². The van der Waals surface area contributed by atoms with E-state index < -0.39 is 5.91 Å². The molecule has 0 saturated heterocycles. The summed E-state index contributed by atoms with van der Waals surface area (Å²) in [6, 6.07) is 9.65. The molecule has 17 heavy (non-hydrogen) atoms. The van der Waals surface area contributed by atoms with Gasteiger partial charge < -0.3 is 10.5 Å². The number of primary amides is 1. The first-order valence-corrected chi connectivity index (χ1v) is 5.17. The number of hydrogen-bond acceptors (Lipinski definition) is 3. The lowest BCUT2D eigenvalue weighted by Gasteiger charge is -2.03. The van der Waals surface area contributed by atoms with Crippen LogP contribution >= 0.6 is 0 Å². The Bertz CT molecular complexity index is 520. The molecule has 0 unspecified atom stereocenters. The Hall–Kier alpha value is -2.30. The van der Waals surface area contributed by atoms with E-state index in [0.717, 1.165) is 5.56 Å². The van der Waals surface area contributed by atoms with Crippen LogP contribution in [-0.2, 0) is 13.7 Å². The zero-order valence-corrected chi connectivity index (χ0v) is 9.46. The minimum atomic E-state index is -0.541. The second-order valence-corrected chi connectivity index (χ2v) is 3.66. The van der Waals surface area contributed by atoms with Crippen molar-refractivity contribution in [1.29, 1.82) is 0 Å². The number of benzene rings is 1. The third-order valence-corrected chi connectivity index (χ3v) is 2.28. The highest BCUT2D eigenvalue weighted by molar-refractivity contribution is 5.94. The van der Waals surface area contributed by atoms with Crippen LogP contribution in [0.4, 0.5) is 0 Å². The van der Waals surface area contributed by atoms with Gasteiger partial charge in [-0.05, 0) is 5.56 Å². The van der Waals surface area contributed by atoms with Crippen LogP contribution in [0, 0.1) is 0 Å². The minimum absolute atomic E-state index is 0.267. The molecule has 2 N–H and O–H groups in total. The molecular weight excluding hydrogens is 218 g/mol. The van der Waals surface area contributed by atoms with Gasteiger partial charge >= 0.3 is 0 Å². The van der Waals surface area contributed by atoms with Crippen molar-refractivity contribution in [3.63, 3.8) is 0 Å². The molecule has 0 fully saturated rings. The predicted molar refractivity (Wildman–Crippen MR) is 62.5 cm³/mol. The van der Waals surface area contributed by atoms with Gasteiger partial charge in [0.2, 0.25) is 5.88 Å². The Morgan fingerprint density at radius 3 is 2.76 bits per heavy atom. The van der Waals surface area contributed by atoms with Gasteiger partial charge in [0.25, 0.3) is 5.91 Å². The lowest BCUT2D eigenvalue weighted by Crippen LogP contribution is -2.11. The fourth-order valence-electron chi connectivity index (χ4n) is 1.47. The maximum absolute atomic E-state index is 11.1. The molecule has 2 aromatic rings. The number of nitrogens with two attached hydrogens (primary N) is 1. The van der Waals surface area contributed by atoms with Gasteiger partial charge in [0, 0.05) is 13.2 Å². The first-order valence-electron chi connectivity index (χ1n) is 5.17. The van der Waals surface area contributed by atoms with Crippen molar-refractivity contribution in [2.24, 2.45) is 12.8 Å². The van der Waals surface area contributed by atoms with E-state index >= 15 is 0 Å². The molecular formula is C12H13N3O2. The van der Waals surface area contributed by atoms with Gasteiger partial charge in [-0.15, -0.1) is 5.10 Å². The maximum Gasteiger partial charge on any atom is 0.255 e. The summed E-state index contributed by atoms with van der Waals surface area (Å²) < 4.78 is 6.97. The molecule has 1 aromatic carbocycles. The highest BCUT2D eigenvalue weighted by Gasteiger charge is 2.13. The van der Waals surface area contributed by atoms with Crippen LogP contribution in [0.5, 0.6) is 5.88 Å². The summed E-state index contributed by atoms with van der Waals surface area (Å²) in [5.74, 6) is -0.273. The molecule has 0 saturated carbocycles. The maximum atomic E-state index is 11.1. The highest BCUT2D eigenvalue weighted by Crippen LogP contribution is 2.16. The van der Waals surface area contributed by atoms with Crippen LogP contribution in [0.2, 0.25) is 0 Å². The summed E-state index contributed by atoms with van der Waals surface area (Å²) in [6.07, 6.45) is 1.54. The minimum Gasteiger partial charge on any atom is -0.471 e. The zero-order valence-electron chi connectivity index (χ0n) is 9.46. The summed E-state index contributed by atoms with van der Waals surface area (Å²) in [4.78, 5) is 11.1. The van der Waals surface area contributed by atoms with Crippen molar-refractivity contribution in [2.75, 3.05) is 0 Å². The number of aryl methyl sites for hydroxylation is 1. The Morgan fingerprint density at radius 2 is 2.12 bits per heavy atom. The first kappa shape index (κ1) is 11.2. The van der Waals surface area contributed by atoms with E-state index in [4.69, 9.17) is 10.5 Å². The zero-order chi connectivity index (χ0) is 12.3. The molecule has 1 aromatic heterocycles. The quantitative estimate of drug-likeness (QED) is 0.856. The van der Waals surface area contributed by atoms with Gasteiger partial charge in [-0.3, -0.25) is 9.48 Å². The summed E-state index contributed by atoms with van der Waals surface area (Å²) in [6.45, 7) is 0.359. The smallest absolute Gasteiger partial charge is 0.255 e. The topological polar surface area (TPSA) is 70.1 Å². The fourth-order valence-corrected chi connectivity index (χ4v) is 1.47. The van der Waals surface area contributed by atoms with Gasteiger partial charge in [-0.25, -0.2) is 0 Å². The summed E-state index contributed by atoms with van der Waals surface area (Å²) >= 11 is 0. The van der Waals surface area contributed by atoms with Crippen molar-refractivity contribution in [1.82, 2.24) is 9.78 Å². The van der Waals surface area contributed by atoms with Gasteiger partial charge in [-0.2, -0.15) is 0 Å². The number of ether oxygens (including phenoxy) is 1. The normalized spacial score (nSPS) is 10.2. The van der Waals surface area contributed by atoms with Gasteiger partial charge in [-0.1, -0.05) is 30.3 Å². The van der Waals surface area contributed by atoms with Crippen LogP contribution < -0.4 is 10.5 Å². The molecule has 5 nitrogen and oxygen atoms in total. The van der Waals surface area contributed by atoms with Crippen molar-refractivity contribution in [3.8, 4) is 5.88 Å². The molecule has 5 heteroatoms. The lowest BCUT2D eigenvalue weighted by molar-refractivity contribution is 0.0996. The molecule has 1 heterocycles. The van der Waals surface area contributed by atoms with E-state index in [9.17, 15) is 4.79 Å². The third kappa shape index (κ3) is 2.63. The molecule has 0 bridgehead atoms. The molecule has 0 aliphatic carbocycles. The van der Waals surface area contributed by atoms with Crippen LogP contribution in [0.1, 0.15) is 15.9 Å². The van der Waals surface area contributed by atoms with E-state index in [0.29, 0.717) is 12.2 Å². The standard InChI is InChI=1S/C12H13N3O2/c1-15-7-10(11(13)16)12(14-15)17-8-9-5-3-2-4-6-9/h2-7H,8H2,1H3,(H2,13,16). The molecule has 88 valence electrons. The first-order chi connectivity index (χ1) is 8.16. The number of nitrogens with zero attached hydrogens (tertiary/aromatic N) is 2. The molecule has 2 rings (SSSR count). The predicted octanol–water partition coefficient (Wildman–Crippen LogP) is 1.10. The van der Waals surface area contributed by atoms with Crippen molar-refractivity contribution < 1.29 is 9.53 Å². The number of amides is 1. The summed E-state index contributed by atoms with van der Waals surface area (Å²) in [5, 5.41) is 4.04. The monoisotopic (exact) mass is 231 g/mol. The highest BCUT2D eigenvalue weighted by atomic mass is 16.5. The average Bonchev–Trinajstić information content (AvgIpc) is 2.69. The number of rotatable bonds is 4. The van der Waals surface area contributed by atoms with Crippen LogP contribution in [-0.4, -0.2) is 15.7 Å². The molecule has 0 aliphatic heterocycles. The van der Waals surface area contributed by atoms with Gasteiger partial charge in [0.15, 0.2) is 0 Å². The van der Waals surface area contributed by atoms with Crippen molar-refractivity contribution in [2.45, 2.75) is 6.61 Å². The van der Waals surface area contributed by atoms with Crippen LogP contribution in [0.15, 0.2) is 36.5 Å². The Labute approximate surface area is 98.8 Å². The molecule has 1 amide bonds. The van der Waals surface area contributed by atoms with E-state index in [1.807, 2.05) is 30.3 Å². The fraction of sp³-hybridized carbons (Fsp3) is 0.167. The summed E-state index contributed by atoms with van der Waals surface area (Å²) in [7, 11) is 1.71. The number of aromatic nitrogens is 2. The van der Waals surface area contributed by atoms with E-state index in [2.05, 4.69) is 5.10 Å². The Balaban J connectivity index is 2.11. The van der Waals surface area contributed by atoms with E-state index in [-0.39, 0.29) is 5.88 Å². The second kappa shape index (κ2) is 4.69. The second-order valence-electron chi connectivity index (χ2n) is 3.66. The summed E-state index contributed by atoms with van der Waals surface area (Å²) in [5.41, 5.74) is 6.53. The molecule has 0 atom stereocenters. The Kier molecular flexibility index (Phi) is 3.09. The number of carbonyl (C=O) groups excluding carboxylic acids is 1. The average molecular weight is 231 g/mol.